The molecule has 0 saturated carbocycles. The first kappa shape index (κ1) is 15.2. The Labute approximate surface area is 135 Å². The average molecular weight is 332 g/mol. The van der Waals surface area contributed by atoms with Crippen molar-refractivity contribution in [2.24, 2.45) is 0 Å². The van der Waals surface area contributed by atoms with Gasteiger partial charge in [-0.3, -0.25) is 4.79 Å². The van der Waals surface area contributed by atoms with Crippen LogP contribution in [0.2, 0.25) is 0 Å². The fourth-order valence-corrected chi connectivity index (χ4v) is 2.51. The molecule has 0 radical (unpaired) electrons. The maximum Gasteiger partial charge on any atom is 0.271 e. The van der Waals surface area contributed by atoms with Crippen molar-refractivity contribution in [1.82, 2.24) is 10.3 Å². The van der Waals surface area contributed by atoms with Gasteiger partial charge < -0.3 is 14.5 Å². The van der Waals surface area contributed by atoms with Gasteiger partial charge in [0.2, 0.25) is 0 Å². The minimum Gasteiger partial charge on any atom is -0.486 e. The lowest BCUT2D eigenvalue weighted by molar-refractivity contribution is 0.0943. The van der Waals surface area contributed by atoms with Gasteiger partial charge >= 0.3 is 0 Å². The molecule has 3 aromatic rings. The molecule has 0 bridgehead atoms. The third-order valence-electron chi connectivity index (χ3n) is 2.96. The van der Waals surface area contributed by atoms with Crippen LogP contribution in [0.3, 0.4) is 0 Å². The molecule has 0 aliphatic carbocycles. The van der Waals surface area contributed by atoms with Crippen LogP contribution in [0.15, 0.2) is 52.5 Å². The molecule has 5 nitrogen and oxygen atoms in total. The van der Waals surface area contributed by atoms with Gasteiger partial charge in [0.15, 0.2) is 0 Å². The zero-order valence-corrected chi connectivity index (χ0v) is 12.8. The number of nitrogens with one attached hydrogen (secondary N) is 1. The first-order valence-electron chi connectivity index (χ1n) is 6.84. The molecule has 0 aliphatic rings. The van der Waals surface area contributed by atoms with Crippen LogP contribution in [-0.4, -0.2) is 10.9 Å². The molecule has 1 N–H and O–H groups in total. The van der Waals surface area contributed by atoms with E-state index in [1.54, 1.807) is 35.9 Å². The molecule has 2 aromatic heterocycles. The molecule has 1 aromatic carbocycles. The Balaban J connectivity index is 1.52. The Hall–Kier alpha value is -2.67. The van der Waals surface area contributed by atoms with Crippen molar-refractivity contribution < 1.29 is 18.3 Å². The summed E-state index contributed by atoms with van der Waals surface area (Å²) in [6, 6.07) is 9.27. The van der Waals surface area contributed by atoms with Crippen molar-refractivity contribution in [3.63, 3.8) is 0 Å². The minimum absolute atomic E-state index is 0.224. The van der Waals surface area contributed by atoms with E-state index in [1.807, 2.05) is 0 Å². The zero-order valence-electron chi connectivity index (χ0n) is 12.0. The molecule has 1 amide bonds. The van der Waals surface area contributed by atoms with E-state index in [0.29, 0.717) is 28.8 Å². The highest BCUT2D eigenvalue weighted by molar-refractivity contribution is 7.09. The first-order chi connectivity index (χ1) is 11.2. The summed E-state index contributed by atoms with van der Waals surface area (Å²) in [6.07, 6.45) is 1.55. The fraction of sp³-hybridized carbons (Fsp3) is 0.125. The van der Waals surface area contributed by atoms with Crippen LogP contribution in [-0.2, 0) is 13.2 Å². The van der Waals surface area contributed by atoms with E-state index in [2.05, 4.69) is 10.3 Å². The van der Waals surface area contributed by atoms with E-state index >= 15 is 0 Å². The number of thiazole rings is 1. The van der Waals surface area contributed by atoms with Gasteiger partial charge in [-0.05, 0) is 36.4 Å². The van der Waals surface area contributed by atoms with Gasteiger partial charge in [-0.1, -0.05) is 0 Å². The number of rotatable bonds is 6. The van der Waals surface area contributed by atoms with E-state index in [9.17, 15) is 9.18 Å². The normalized spacial score (nSPS) is 10.5. The molecule has 23 heavy (non-hydrogen) atoms. The van der Waals surface area contributed by atoms with E-state index in [1.165, 1.54) is 23.5 Å². The average Bonchev–Trinajstić information content (AvgIpc) is 3.24. The van der Waals surface area contributed by atoms with E-state index < -0.39 is 0 Å². The molecule has 3 rings (SSSR count). The maximum atomic E-state index is 12.8. The van der Waals surface area contributed by atoms with E-state index in [0.717, 1.165) is 0 Å². The number of carbonyl (C=O) groups excluding carboxylic acids is 1. The number of benzene rings is 1. The number of halogens is 1. The summed E-state index contributed by atoms with van der Waals surface area (Å²) in [4.78, 5) is 16.2. The largest absolute Gasteiger partial charge is 0.486 e. The highest BCUT2D eigenvalue weighted by Gasteiger charge is 2.11. The Kier molecular flexibility index (Phi) is 4.68. The van der Waals surface area contributed by atoms with Gasteiger partial charge in [0.05, 0.1) is 12.8 Å². The first-order valence-corrected chi connectivity index (χ1v) is 7.72. The third-order valence-corrected chi connectivity index (χ3v) is 3.79. The smallest absolute Gasteiger partial charge is 0.271 e. The van der Waals surface area contributed by atoms with Crippen molar-refractivity contribution >= 4 is 17.2 Å². The fourth-order valence-electron chi connectivity index (χ4n) is 1.83. The summed E-state index contributed by atoms with van der Waals surface area (Å²) in [7, 11) is 0. The number of hydrogen-bond donors (Lipinski definition) is 1. The lowest BCUT2D eigenvalue weighted by atomic mass is 10.3. The standard InChI is InChI=1S/C16H13FN2O3S/c17-11-3-5-12(6-4-11)22-9-15-19-14(10-23-15)16(20)18-8-13-2-1-7-21-13/h1-7,10H,8-9H2,(H,18,20). The number of hydrogen-bond acceptors (Lipinski definition) is 5. The number of aromatic nitrogens is 1. The Bertz CT molecular complexity index is 769. The monoisotopic (exact) mass is 332 g/mol. The Morgan fingerprint density at radius 3 is 2.87 bits per heavy atom. The Morgan fingerprint density at radius 2 is 2.13 bits per heavy atom. The van der Waals surface area contributed by atoms with Crippen molar-refractivity contribution in [2.75, 3.05) is 0 Å². The van der Waals surface area contributed by atoms with Crippen molar-refractivity contribution in [3.05, 3.63) is 70.3 Å². The van der Waals surface area contributed by atoms with Crippen LogP contribution in [0.5, 0.6) is 5.75 Å². The zero-order chi connectivity index (χ0) is 16.1. The quantitative estimate of drug-likeness (QED) is 0.751. The number of amides is 1. The molecule has 2 heterocycles. The molecule has 0 saturated heterocycles. The SMILES string of the molecule is O=C(NCc1ccco1)c1csc(COc2ccc(F)cc2)n1. The highest BCUT2D eigenvalue weighted by Crippen LogP contribution is 2.16. The van der Waals surface area contributed by atoms with Crippen LogP contribution in [0.25, 0.3) is 0 Å². The number of ether oxygens (including phenoxy) is 1. The van der Waals surface area contributed by atoms with Gasteiger partial charge in [0, 0.05) is 5.38 Å². The molecule has 0 unspecified atom stereocenters. The van der Waals surface area contributed by atoms with Crippen LogP contribution >= 0.6 is 11.3 Å². The summed E-state index contributed by atoms with van der Waals surface area (Å²) >= 11 is 1.33. The second kappa shape index (κ2) is 7.06. The predicted octanol–water partition coefficient (Wildman–Crippen LogP) is 3.38. The molecule has 0 fully saturated rings. The van der Waals surface area contributed by atoms with Gasteiger partial charge in [-0.25, -0.2) is 9.37 Å². The lowest BCUT2D eigenvalue weighted by Crippen LogP contribution is -2.22. The summed E-state index contributed by atoms with van der Waals surface area (Å²) in [6.45, 7) is 0.534. The van der Waals surface area contributed by atoms with Gasteiger partial charge in [-0.15, -0.1) is 11.3 Å². The molecular formula is C16H13FN2O3S. The molecule has 0 spiro atoms. The predicted molar refractivity (Wildman–Crippen MR) is 82.7 cm³/mol. The van der Waals surface area contributed by atoms with Crippen molar-refractivity contribution in [3.8, 4) is 5.75 Å². The van der Waals surface area contributed by atoms with Crippen LogP contribution in [0.4, 0.5) is 4.39 Å². The minimum atomic E-state index is -0.317. The number of nitrogens with zero attached hydrogens (tertiary/aromatic N) is 1. The summed E-state index contributed by atoms with van der Waals surface area (Å²) in [5, 5.41) is 5.06. The highest BCUT2D eigenvalue weighted by atomic mass is 32.1. The lowest BCUT2D eigenvalue weighted by Gasteiger charge is -2.03. The Morgan fingerprint density at radius 1 is 1.30 bits per heavy atom. The molecule has 7 heteroatoms. The van der Waals surface area contributed by atoms with Crippen molar-refractivity contribution in [2.45, 2.75) is 13.2 Å². The van der Waals surface area contributed by atoms with Gasteiger partial charge in [0.1, 0.15) is 34.6 Å². The number of furan rings is 1. The molecular weight excluding hydrogens is 319 g/mol. The second-order valence-corrected chi connectivity index (χ2v) is 5.57. The summed E-state index contributed by atoms with van der Waals surface area (Å²) < 4.78 is 23.4. The van der Waals surface area contributed by atoms with Crippen LogP contribution in [0, 0.1) is 5.82 Å². The topological polar surface area (TPSA) is 64.4 Å². The molecule has 0 atom stereocenters. The van der Waals surface area contributed by atoms with Crippen molar-refractivity contribution in [1.29, 1.82) is 0 Å². The maximum absolute atomic E-state index is 12.8. The van der Waals surface area contributed by atoms with Gasteiger partial charge in [0.25, 0.3) is 5.91 Å². The molecule has 118 valence electrons. The number of carbonyl (C=O) groups is 1. The van der Waals surface area contributed by atoms with E-state index in [4.69, 9.17) is 9.15 Å². The second-order valence-electron chi connectivity index (χ2n) is 4.63. The van der Waals surface area contributed by atoms with Crippen LogP contribution in [0.1, 0.15) is 21.3 Å². The summed E-state index contributed by atoms with van der Waals surface area (Å²) in [5.41, 5.74) is 0.333. The molecule has 0 aliphatic heterocycles. The van der Waals surface area contributed by atoms with E-state index in [-0.39, 0.29) is 18.3 Å². The third kappa shape index (κ3) is 4.17. The van der Waals surface area contributed by atoms with Crippen LogP contribution < -0.4 is 10.1 Å². The van der Waals surface area contributed by atoms with Gasteiger partial charge in [-0.2, -0.15) is 0 Å². The summed E-state index contributed by atoms with van der Waals surface area (Å²) in [5.74, 6) is 0.631.